The molecular formula is C25H28N6O3. The Hall–Kier alpha value is -3.98. The maximum Gasteiger partial charge on any atom is 0.324 e. The first-order valence-electron chi connectivity index (χ1n) is 11.1. The topological polar surface area (TPSA) is 111 Å². The molecule has 1 saturated heterocycles. The van der Waals surface area contributed by atoms with Crippen molar-refractivity contribution >= 4 is 23.6 Å². The Kier molecular flexibility index (Phi) is 6.74. The summed E-state index contributed by atoms with van der Waals surface area (Å²) in [6.07, 6.45) is 4.04. The number of amides is 3. The van der Waals surface area contributed by atoms with E-state index in [1.165, 1.54) is 12.4 Å². The van der Waals surface area contributed by atoms with Gasteiger partial charge in [-0.25, -0.2) is 20.2 Å². The van der Waals surface area contributed by atoms with Crippen molar-refractivity contribution in [2.24, 2.45) is 0 Å². The number of benzene rings is 2. The van der Waals surface area contributed by atoms with Gasteiger partial charge in [0.05, 0.1) is 11.1 Å². The number of rotatable bonds is 5. The number of piperidine rings is 1. The third kappa shape index (κ3) is 4.69. The summed E-state index contributed by atoms with van der Waals surface area (Å²) in [4.78, 5) is 36.8. The molecule has 0 unspecified atom stereocenters. The Morgan fingerprint density at radius 2 is 1.62 bits per heavy atom. The van der Waals surface area contributed by atoms with Gasteiger partial charge in [-0.2, -0.15) is 0 Å². The van der Waals surface area contributed by atoms with Crippen LogP contribution in [0.5, 0.6) is 0 Å². The molecule has 0 bridgehead atoms. The minimum absolute atomic E-state index is 0.0415. The molecule has 1 aromatic heterocycles. The fourth-order valence-electron chi connectivity index (χ4n) is 4.41. The van der Waals surface area contributed by atoms with E-state index in [9.17, 15) is 9.59 Å². The van der Waals surface area contributed by atoms with Gasteiger partial charge in [0.2, 0.25) is 5.95 Å². The molecule has 0 atom stereocenters. The third-order valence-electron chi connectivity index (χ3n) is 6.35. The second kappa shape index (κ2) is 9.88. The van der Waals surface area contributed by atoms with Crippen LogP contribution in [0.25, 0.3) is 0 Å². The Bertz CT molecular complexity index is 1140. The van der Waals surface area contributed by atoms with Crippen molar-refractivity contribution in [3.63, 3.8) is 0 Å². The van der Waals surface area contributed by atoms with E-state index < -0.39 is 11.4 Å². The zero-order valence-electron chi connectivity index (χ0n) is 19.2. The molecule has 3 N–H and O–H groups in total. The zero-order chi connectivity index (χ0) is 24.1. The average Bonchev–Trinajstić information content (AvgIpc) is 2.89. The molecular weight excluding hydrogens is 432 g/mol. The lowest BCUT2D eigenvalue weighted by molar-refractivity contribution is 0.0705. The number of likely N-dealkylation sites (tertiary alicyclic amines) is 1. The number of nitrogens with zero attached hydrogens (tertiary/aromatic N) is 4. The molecule has 4 rings (SSSR count). The molecule has 2 aromatic carbocycles. The first-order valence-corrected chi connectivity index (χ1v) is 11.1. The fraction of sp³-hybridized carbons (Fsp3) is 0.280. The summed E-state index contributed by atoms with van der Waals surface area (Å²) in [5.41, 5.74) is 4.36. The van der Waals surface area contributed by atoms with Crippen molar-refractivity contribution in [1.82, 2.24) is 20.3 Å². The van der Waals surface area contributed by atoms with Crippen molar-refractivity contribution in [3.8, 4) is 0 Å². The Labute approximate surface area is 198 Å². The van der Waals surface area contributed by atoms with Gasteiger partial charge in [0, 0.05) is 38.2 Å². The van der Waals surface area contributed by atoms with Crippen LogP contribution in [0.15, 0.2) is 67.0 Å². The molecule has 2 heterocycles. The molecule has 0 spiro atoms. The number of hydroxylamine groups is 1. The summed E-state index contributed by atoms with van der Waals surface area (Å²) >= 11 is 0. The van der Waals surface area contributed by atoms with Crippen molar-refractivity contribution in [2.45, 2.75) is 25.3 Å². The van der Waals surface area contributed by atoms with Crippen LogP contribution in [-0.2, 0) is 5.54 Å². The number of urea groups is 1. The Balaban J connectivity index is 1.56. The van der Waals surface area contributed by atoms with Gasteiger partial charge < -0.3 is 10.2 Å². The van der Waals surface area contributed by atoms with Crippen LogP contribution in [-0.4, -0.2) is 52.2 Å². The lowest BCUT2D eigenvalue weighted by atomic mass is 9.79. The van der Waals surface area contributed by atoms with E-state index in [1.54, 1.807) is 17.4 Å². The fourth-order valence-corrected chi connectivity index (χ4v) is 4.41. The smallest absolute Gasteiger partial charge is 0.324 e. The van der Waals surface area contributed by atoms with Gasteiger partial charge in [-0.15, -0.1) is 0 Å². The average molecular weight is 461 g/mol. The number of nitrogens with one attached hydrogen (secondary N) is 2. The minimum Gasteiger partial charge on any atom is -0.345 e. The Morgan fingerprint density at radius 1 is 1.00 bits per heavy atom. The molecule has 3 aromatic rings. The van der Waals surface area contributed by atoms with Crippen molar-refractivity contribution in [2.75, 3.05) is 30.4 Å². The van der Waals surface area contributed by atoms with E-state index in [4.69, 9.17) is 5.21 Å². The molecule has 9 heteroatoms. The number of carbonyl (C=O) groups excluding carboxylic acids is 2. The van der Waals surface area contributed by atoms with Crippen LogP contribution in [0.1, 0.15) is 34.3 Å². The highest BCUT2D eigenvalue weighted by Crippen LogP contribution is 2.37. The molecule has 1 aliphatic heterocycles. The van der Waals surface area contributed by atoms with Crippen molar-refractivity contribution in [3.05, 3.63) is 83.7 Å². The van der Waals surface area contributed by atoms with Crippen LogP contribution < -0.4 is 15.7 Å². The number of aryl methyl sites for hydroxylation is 1. The highest BCUT2D eigenvalue weighted by molar-refractivity contribution is 5.92. The molecule has 1 aliphatic rings. The molecule has 1 fully saturated rings. The van der Waals surface area contributed by atoms with Crippen molar-refractivity contribution in [1.29, 1.82) is 0 Å². The van der Waals surface area contributed by atoms with E-state index in [-0.39, 0.29) is 11.6 Å². The molecule has 176 valence electrons. The first-order chi connectivity index (χ1) is 16.4. The second-order valence-electron chi connectivity index (χ2n) is 8.42. The van der Waals surface area contributed by atoms with Crippen LogP contribution in [0.2, 0.25) is 0 Å². The predicted octanol–water partition coefficient (Wildman–Crippen LogP) is 3.56. The highest BCUT2D eigenvalue weighted by atomic mass is 16.5. The summed E-state index contributed by atoms with van der Waals surface area (Å²) in [6.45, 7) is 3.18. The molecule has 34 heavy (non-hydrogen) atoms. The lowest BCUT2D eigenvalue weighted by Crippen LogP contribution is -2.52. The van der Waals surface area contributed by atoms with Gasteiger partial charge >= 0.3 is 6.03 Å². The molecule has 3 amide bonds. The van der Waals surface area contributed by atoms with Crippen LogP contribution in [0, 0.1) is 6.92 Å². The highest BCUT2D eigenvalue weighted by Gasteiger charge is 2.39. The number of aromatic nitrogens is 2. The van der Waals surface area contributed by atoms with Gasteiger partial charge in [-0.3, -0.25) is 14.9 Å². The summed E-state index contributed by atoms with van der Waals surface area (Å²) in [5, 5.41) is 12.3. The largest absolute Gasteiger partial charge is 0.345 e. The third-order valence-corrected chi connectivity index (χ3v) is 6.35. The second-order valence-corrected chi connectivity index (χ2v) is 8.42. The normalized spacial score (nSPS) is 14.9. The van der Waals surface area contributed by atoms with E-state index in [0.29, 0.717) is 31.9 Å². The lowest BCUT2D eigenvalue weighted by Gasteiger charge is -2.44. The first kappa shape index (κ1) is 23.2. The molecule has 9 nitrogen and oxygen atoms in total. The minimum atomic E-state index is -0.672. The summed E-state index contributed by atoms with van der Waals surface area (Å²) in [6, 6.07) is 17.7. The SMILES string of the molecule is Cc1ccccc1C1(Nc2ncc(C(=O)NO)cn2)CCN(C(=O)N(C)c2ccccc2)CC1. The maximum absolute atomic E-state index is 13.1. The van der Waals surface area contributed by atoms with E-state index in [2.05, 4.69) is 34.3 Å². The standard InChI is InChI=1S/C25H28N6O3/c1-18-8-6-7-11-21(18)25(28-23-26-16-19(17-27-23)22(32)29-34)12-14-31(15-13-25)24(33)30(2)20-9-4-3-5-10-20/h3-11,16-17,34H,12-15H2,1-2H3,(H,29,32)(H,26,27,28). The van der Waals surface area contributed by atoms with E-state index >= 15 is 0 Å². The van der Waals surface area contributed by atoms with Gasteiger partial charge in [-0.1, -0.05) is 42.5 Å². The quantitative estimate of drug-likeness (QED) is 0.397. The predicted molar refractivity (Wildman–Crippen MR) is 129 cm³/mol. The molecule has 0 radical (unpaired) electrons. The molecule has 0 saturated carbocycles. The van der Waals surface area contributed by atoms with Crippen LogP contribution in [0.3, 0.4) is 0 Å². The van der Waals surface area contributed by atoms with Crippen LogP contribution in [0.4, 0.5) is 16.4 Å². The number of para-hydroxylation sites is 1. The number of hydrogen-bond donors (Lipinski definition) is 3. The van der Waals surface area contributed by atoms with Gasteiger partial charge in [0.25, 0.3) is 5.91 Å². The van der Waals surface area contributed by atoms with Gasteiger partial charge in [-0.05, 0) is 43.0 Å². The van der Waals surface area contributed by atoms with Crippen LogP contribution >= 0.6 is 0 Å². The number of carbonyl (C=O) groups is 2. The Morgan fingerprint density at radius 3 is 2.24 bits per heavy atom. The summed E-state index contributed by atoms with van der Waals surface area (Å²) in [5.74, 6) is -0.298. The summed E-state index contributed by atoms with van der Waals surface area (Å²) < 4.78 is 0. The van der Waals surface area contributed by atoms with E-state index in [0.717, 1.165) is 16.8 Å². The van der Waals surface area contributed by atoms with E-state index in [1.807, 2.05) is 47.4 Å². The zero-order valence-corrected chi connectivity index (χ0v) is 19.2. The summed E-state index contributed by atoms with van der Waals surface area (Å²) in [7, 11) is 1.79. The van der Waals surface area contributed by atoms with Gasteiger partial charge in [0.15, 0.2) is 0 Å². The number of hydrogen-bond acceptors (Lipinski definition) is 6. The van der Waals surface area contributed by atoms with Crippen molar-refractivity contribution < 1.29 is 14.8 Å². The maximum atomic E-state index is 13.1. The van der Waals surface area contributed by atoms with Gasteiger partial charge in [0.1, 0.15) is 0 Å². The number of anilines is 2. The molecule has 0 aliphatic carbocycles. The monoisotopic (exact) mass is 460 g/mol.